The fourth-order valence-electron chi connectivity index (χ4n) is 1.28. The van der Waals surface area contributed by atoms with Gasteiger partial charge in [0.15, 0.2) is 0 Å². The van der Waals surface area contributed by atoms with Crippen molar-refractivity contribution in [2.45, 2.75) is 0 Å². The monoisotopic (exact) mass is 302 g/mol. The Hall–Kier alpha value is 0.292. The van der Waals surface area contributed by atoms with Gasteiger partial charge in [-0.1, -0.05) is 54.6 Å². The predicted octanol–water partition coefficient (Wildman–Crippen LogP) is -0.569. The summed E-state index contributed by atoms with van der Waals surface area (Å²) in [4.78, 5) is 0. The van der Waals surface area contributed by atoms with Crippen LogP contribution in [-0.2, 0) is 0 Å². The molecule has 0 aromatic heterocycles. The molecule has 0 heterocycles. The summed E-state index contributed by atoms with van der Waals surface area (Å²) in [6.07, 6.45) is 0. The van der Waals surface area contributed by atoms with Crippen LogP contribution in [0.5, 0.6) is 5.75 Å². The molecule has 0 spiro atoms. The van der Waals surface area contributed by atoms with Crippen molar-refractivity contribution in [1.29, 1.82) is 0 Å². The standard InChI is InChI=1S/C12H10O.Cs/c13-12-8-6-11(7-9-12)10-4-2-1-3-5-10;/h1-9,13H;/q;+1/p-1. The fraction of sp³-hybridized carbons (Fsp3) is 0. The molecule has 0 radical (unpaired) electrons. The van der Waals surface area contributed by atoms with Crippen LogP contribution in [0.25, 0.3) is 11.1 Å². The zero-order chi connectivity index (χ0) is 9.10. The minimum absolute atomic E-state index is 0. The Bertz CT molecular complexity index is 381. The second-order valence-electron chi connectivity index (χ2n) is 2.89. The van der Waals surface area contributed by atoms with E-state index in [4.69, 9.17) is 0 Å². The predicted molar refractivity (Wildman–Crippen MR) is 51.3 cm³/mol. The van der Waals surface area contributed by atoms with Crippen molar-refractivity contribution in [3.05, 3.63) is 54.6 Å². The molecule has 1 nitrogen and oxygen atoms in total. The van der Waals surface area contributed by atoms with Crippen molar-refractivity contribution in [3.8, 4) is 16.9 Å². The van der Waals surface area contributed by atoms with Crippen LogP contribution in [0.2, 0.25) is 0 Å². The summed E-state index contributed by atoms with van der Waals surface area (Å²) in [5.74, 6) is 0.0553. The van der Waals surface area contributed by atoms with Gasteiger partial charge in [-0.25, -0.2) is 0 Å². The zero-order valence-corrected chi connectivity index (χ0v) is 14.4. The summed E-state index contributed by atoms with van der Waals surface area (Å²) < 4.78 is 0. The van der Waals surface area contributed by atoms with Gasteiger partial charge in [0.05, 0.1) is 0 Å². The van der Waals surface area contributed by atoms with Crippen molar-refractivity contribution >= 4 is 0 Å². The SMILES string of the molecule is [Cs+].[O-]c1ccc(-c2ccccc2)cc1. The van der Waals surface area contributed by atoms with Gasteiger partial charge in [-0.3, -0.25) is 0 Å². The Morgan fingerprint density at radius 3 is 1.71 bits per heavy atom. The Balaban J connectivity index is 0.000000980. The Morgan fingerprint density at radius 2 is 1.14 bits per heavy atom. The van der Waals surface area contributed by atoms with E-state index in [-0.39, 0.29) is 74.6 Å². The molecule has 64 valence electrons. The summed E-state index contributed by atoms with van der Waals surface area (Å²) in [5, 5.41) is 10.9. The number of benzene rings is 2. The molecule has 0 unspecified atom stereocenters. The normalized spacial score (nSPS) is 9.14. The minimum Gasteiger partial charge on any atom is -0.872 e. The van der Waals surface area contributed by atoms with E-state index in [0.29, 0.717) is 0 Å². The van der Waals surface area contributed by atoms with E-state index in [0.717, 1.165) is 11.1 Å². The van der Waals surface area contributed by atoms with Crippen molar-refractivity contribution in [2.24, 2.45) is 0 Å². The number of rotatable bonds is 1. The third-order valence-corrected chi connectivity index (χ3v) is 1.96. The maximum Gasteiger partial charge on any atom is 1.00 e. The molecule has 2 rings (SSSR count). The average Bonchev–Trinajstić information content (AvgIpc) is 2.20. The summed E-state index contributed by atoms with van der Waals surface area (Å²) in [6.45, 7) is 0. The van der Waals surface area contributed by atoms with E-state index in [1.807, 2.05) is 42.5 Å². The van der Waals surface area contributed by atoms with E-state index >= 15 is 0 Å². The van der Waals surface area contributed by atoms with Crippen LogP contribution in [0.3, 0.4) is 0 Å². The quantitative estimate of drug-likeness (QED) is 0.692. The van der Waals surface area contributed by atoms with Crippen molar-refractivity contribution < 1.29 is 74.0 Å². The van der Waals surface area contributed by atoms with Crippen LogP contribution in [0, 0.1) is 0 Å². The van der Waals surface area contributed by atoms with Gasteiger partial charge in [0.25, 0.3) is 0 Å². The van der Waals surface area contributed by atoms with Gasteiger partial charge in [-0.05, 0) is 11.1 Å². The second kappa shape index (κ2) is 6.00. The molecule has 0 fully saturated rings. The molecule has 0 aliphatic carbocycles. The van der Waals surface area contributed by atoms with E-state index < -0.39 is 0 Å². The van der Waals surface area contributed by atoms with Gasteiger partial charge in [-0.2, -0.15) is 0 Å². The first kappa shape index (κ1) is 12.4. The van der Waals surface area contributed by atoms with Crippen LogP contribution in [0.1, 0.15) is 0 Å². The molecule has 2 heteroatoms. The van der Waals surface area contributed by atoms with Crippen molar-refractivity contribution in [1.82, 2.24) is 0 Å². The number of hydrogen-bond donors (Lipinski definition) is 0. The summed E-state index contributed by atoms with van der Waals surface area (Å²) >= 11 is 0. The molecule has 0 saturated carbocycles. The van der Waals surface area contributed by atoms with E-state index in [1.165, 1.54) is 0 Å². The molecule has 0 amide bonds. The van der Waals surface area contributed by atoms with Crippen LogP contribution >= 0.6 is 0 Å². The van der Waals surface area contributed by atoms with Gasteiger partial charge < -0.3 is 5.11 Å². The van der Waals surface area contributed by atoms with Crippen molar-refractivity contribution in [2.75, 3.05) is 0 Å². The molecular formula is C12H9CsO. The van der Waals surface area contributed by atoms with Gasteiger partial charge in [0, 0.05) is 0 Å². The smallest absolute Gasteiger partial charge is 0.872 e. The molecule has 0 aliphatic heterocycles. The fourth-order valence-corrected chi connectivity index (χ4v) is 1.28. The molecule has 2 aromatic carbocycles. The van der Waals surface area contributed by atoms with Gasteiger partial charge in [0.2, 0.25) is 0 Å². The first-order valence-corrected chi connectivity index (χ1v) is 4.19. The molecule has 0 aliphatic rings. The molecule has 0 N–H and O–H groups in total. The topological polar surface area (TPSA) is 23.1 Å². The summed E-state index contributed by atoms with van der Waals surface area (Å²) in [6, 6.07) is 16.9. The van der Waals surface area contributed by atoms with Gasteiger partial charge in [-0.15, -0.1) is 5.75 Å². The summed E-state index contributed by atoms with van der Waals surface area (Å²) in [5.41, 5.74) is 2.22. The zero-order valence-electron chi connectivity index (χ0n) is 8.10. The van der Waals surface area contributed by atoms with E-state index in [1.54, 1.807) is 12.1 Å². The first-order valence-electron chi connectivity index (χ1n) is 4.19. The Morgan fingerprint density at radius 1 is 0.643 bits per heavy atom. The average molecular weight is 302 g/mol. The Kier molecular flexibility index (Phi) is 5.30. The van der Waals surface area contributed by atoms with Gasteiger partial charge in [0.1, 0.15) is 0 Å². The van der Waals surface area contributed by atoms with Crippen molar-refractivity contribution in [3.63, 3.8) is 0 Å². The molecule has 0 bridgehead atoms. The largest absolute Gasteiger partial charge is 1.00 e. The maximum atomic E-state index is 10.9. The van der Waals surface area contributed by atoms with E-state index in [2.05, 4.69) is 0 Å². The molecular weight excluding hydrogens is 293 g/mol. The van der Waals surface area contributed by atoms with Gasteiger partial charge >= 0.3 is 68.9 Å². The second-order valence-corrected chi connectivity index (χ2v) is 2.89. The maximum absolute atomic E-state index is 10.9. The summed E-state index contributed by atoms with van der Waals surface area (Å²) in [7, 11) is 0. The van der Waals surface area contributed by atoms with Crippen LogP contribution in [0.4, 0.5) is 0 Å². The first-order chi connectivity index (χ1) is 6.36. The molecule has 2 aromatic rings. The molecule has 0 atom stereocenters. The van der Waals surface area contributed by atoms with Crippen LogP contribution in [-0.4, -0.2) is 0 Å². The van der Waals surface area contributed by atoms with Crippen LogP contribution < -0.4 is 74.0 Å². The molecule has 0 saturated heterocycles. The third-order valence-electron chi connectivity index (χ3n) is 1.96. The third kappa shape index (κ3) is 3.15. The molecule has 14 heavy (non-hydrogen) atoms. The minimum atomic E-state index is 0. The van der Waals surface area contributed by atoms with E-state index in [9.17, 15) is 5.11 Å². The van der Waals surface area contributed by atoms with Crippen LogP contribution in [0.15, 0.2) is 54.6 Å². The number of hydrogen-bond acceptors (Lipinski definition) is 1. The Labute approximate surface area is 143 Å².